The van der Waals surface area contributed by atoms with E-state index in [1.165, 1.54) is 48.6 Å². The second kappa shape index (κ2) is 6.21. The highest BCUT2D eigenvalue weighted by Gasteiger charge is 2.31. The standard InChI is InChI=1S/C16H24BrN/c1-2-5-13-8-10-16(18,11-9-13)12-14-6-3-4-7-15(14)17/h3-4,6-7,13H,2,5,8-12,18H2,1H3. The highest BCUT2D eigenvalue weighted by molar-refractivity contribution is 9.10. The van der Waals surface area contributed by atoms with Crippen LogP contribution in [-0.4, -0.2) is 5.54 Å². The molecule has 0 saturated heterocycles. The van der Waals surface area contributed by atoms with Gasteiger partial charge in [0.1, 0.15) is 0 Å². The summed E-state index contributed by atoms with van der Waals surface area (Å²) >= 11 is 3.63. The molecule has 0 aromatic heterocycles. The first kappa shape index (κ1) is 14.1. The fraction of sp³-hybridized carbons (Fsp3) is 0.625. The maximum atomic E-state index is 6.60. The number of rotatable bonds is 4. The predicted octanol–water partition coefficient (Wildman–Crippen LogP) is 4.68. The Morgan fingerprint density at radius 2 is 1.94 bits per heavy atom. The Morgan fingerprint density at radius 1 is 1.28 bits per heavy atom. The molecule has 2 heteroatoms. The van der Waals surface area contributed by atoms with Gasteiger partial charge in [0.15, 0.2) is 0 Å². The van der Waals surface area contributed by atoms with Crippen molar-refractivity contribution in [2.45, 2.75) is 57.4 Å². The summed E-state index contributed by atoms with van der Waals surface area (Å²) in [5.41, 5.74) is 7.97. The first-order valence-electron chi connectivity index (χ1n) is 7.15. The molecule has 0 bridgehead atoms. The van der Waals surface area contributed by atoms with Gasteiger partial charge in [0.05, 0.1) is 0 Å². The number of halogens is 1. The van der Waals surface area contributed by atoms with Crippen molar-refractivity contribution in [2.24, 2.45) is 11.7 Å². The third-order valence-corrected chi connectivity index (χ3v) is 5.07. The van der Waals surface area contributed by atoms with Gasteiger partial charge in [0, 0.05) is 10.0 Å². The van der Waals surface area contributed by atoms with E-state index in [1.54, 1.807) is 0 Å². The van der Waals surface area contributed by atoms with Crippen molar-refractivity contribution in [3.8, 4) is 0 Å². The van der Waals surface area contributed by atoms with Crippen LogP contribution in [0.3, 0.4) is 0 Å². The molecule has 0 radical (unpaired) electrons. The number of hydrogen-bond donors (Lipinski definition) is 1. The maximum Gasteiger partial charge on any atom is 0.0207 e. The van der Waals surface area contributed by atoms with Crippen molar-refractivity contribution in [3.05, 3.63) is 34.3 Å². The van der Waals surface area contributed by atoms with Crippen molar-refractivity contribution in [2.75, 3.05) is 0 Å². The summed E-state index contributed by atoms with van der Waals surface area (Å²) in [4.78, 5) is 0. The minimum atomic E-state index is 0.0219. The number of benzene rings is 1. The van der Waals surface area contributed by atoms with Crippen molar-refractivity contribution in [1.82, 2.24) is 0 Å². The Bertz CT molecular complexity index is 380. The van der Waals surface area contributed by atoms with Crippen LogP contribution in [0.4, 0.5) is 0 Å². The van der Waals surface area contributed by atoms with E-state index in [0.29, 0.717) is 0 Å². The van der Waals surface area contributed by atoms with Crippen LogP contribution in [0.15, 0.2) is 28.7 Å². The molecular weight excluding hydrogens is 286 g/mol. The smallest absolute Gasteiger partial charge is 0.0207 e. The van der Waals surface area contributed by atoms with Gasteiger partial charge in [-0.15, -0.1) is 0 Å². The summed E-state index contributed by atoms with van der Waals surface area (Å²) in [5.74, 6) is 0.922. The van der Waals surface area contributed by atoms with Gasteiger partial charge >= 0.3 is 0 Å². The lowest BCUT2D eigenvalue weighted by atomic mass is 9.73. The summed E-state index contributed by atoms with van der Waals surface area (Å²) < 4.78 is 1.20. The van der Waals surface area contributed by atoms with Crippen LogP contribution in [0.5, 0.6) is 0 Å². The molecule has 0 atom stereocenters. The summed E-state index contributed by atoms with van der Waals surface area (Å²) in [6.07, 6.45) is 8.69. The van der Waals surface area contributed by atoms with Gasteiger partial charge in [0.25, 0.3) is 0 Å². The molecular formula is C16H24BrN. The fourth-order valence-electron chi connectivity index (χ4n) is 3.15. The van der Waals surface area contributed by atoms with Crippen LogP contribution < -0.4 is 5.73 Å². The van der Waals surface area contributed by atoms with Crippen LogP contribution in [0.25, 0.3) is 0 Å². The SMILES string of the molecule is CCCC1CCC(N)(Cc2ccccc2Br)CC1. The van der Waals surface area contributed by atoms with Gasteiger partial charge < -0.3 is 5.73 Å². The summed E-state index contributed by atoms with van der Waals surface area (Å²) in [6.45, 7) is 2.28. The Balaban J connectivity index is 1.96. The number of hydrogen-bond acceptors (Lipinski definition) is 1. The molecule has 1 aliphatic carbocycles. The Morgan fingerprint density at radius 3 is 2.56 bits per heavy atom. The third kappa shape index (κ3) is 3.58. The van der Waals surface area contributed by atoms with Gasteiger partial charge in [-0.05, 0) is 49.7 Å². The molecule has 18 heavy (non-hydrogen) atoms. The monoisotopic (exact) mass is 309 g/mol. The molecule has 0 amide bonds. The molecule has 1 aliphatic rings. The van der Waals surface area contributed by atoms with E-state index in [-0.39, 0.29) is 5.54 Å². The summed E-state index contributed by atoms with van der Waals surface area (Å²) in [7, 11) is 0. The molecule has 0 heterocycles. The average Bonchev–Trinajstić information content (AvgIpc) is 2.36. The molecule has 1 fully saturated rings. The molecule has 1 saturated carbocycles. The van der Waals surface area contributed by atoms with Gasteiger partial charge in [0.2, 0.25) is 0 Å². The molecule has 1 aromatic rings. The quantitative estimate of drug-likeness (QED) is 0.858. The van der Waals surface area contributed by atoms with E-state index in [4.69, 9.17) is 5.73 Å². The van der Waals surface area contributed by atoms with Crippen molar-refractivity contribution in [3.63, 3.8) is 0 Å². The molecule has 0 aliphatic heterocycles. The zero-order chi connectivity index (χ0) is 13.0. The Labute approximate surface area is 119 Å². The fourth-order valence-corrected chi connectivity index (χ4v) is 3.57. The molecule has 0 unspecified atom stereocenters. The maximum absolute atomic E-state index is 6.60. The molecule has 100 valence electrons. The highest BCUT2D eigenvalue weighted by atomic mass is 79.9. The van der Waals surface area contributed by atoms with Crippen LogP contribution in [-0.2, 0) is 6.42 Å². The second-order valence-electron chi connectivity index (χ2n) is 5.86. The van der Waals surface area contributed by atoms with Crippen molar-refractivity contribution >= 4 is 15.9 Å². The van der Waals surface area contributed by atoms with Crippen LogP contribution in [0.1, 0.15) is 51.0 Å². The van der Waals surface area contributed by atoms with Crippen LogP contribution in [0.2, 0.25) is 0 Å². The minimum absolute atomic E-state index is 0.0219. The van der Waals surface area contributed by atoms with E-state index >= 15 is 0 Å². The summed E-state index contributed by atoms with van der Waals surface area (Å²) in [6, 6.07) is 8.47. The van der Waals surface area contributed by atoms with E-state index < -0.39 is 0 Å². The average molecular weight is 310 g/mol. The van der Waals surface area contributed by atoms with Crippen molar-refractivity contribution in [1.29, 1.82) is 0 Å². The molecule has 2 rings (SSSR count). The zero-order valence-corrected chi connectivity index (χ0v) is 12.9. The first-order chi connectivity index (χ1) is 8.63. The van der Waals surface area contributed by atoms with E-state index in [0.717, 1.165) is 12.3 Å². The van der Waals surface area contributed by atoms with Crippen LogP contribution in [0, 0.1) is 5.92 Å². The van der Waals surface area contributed by atoms with Gasteiger partial charge in [-0.2, -0.15) is 0 Å². The third-order valence-electron chi connectivity index (χ3n) is 4.30. The van der Waals surface area contributed by atoms with E-state index in [9.17, 15) is 0 Å². The molecule has 1 aromatic carbocycles. The Hall–Kier alpha value is -0.340. The lowest BCUT2D eigenvalue weighted by molar-refractivity contribution is 0.223. The highest BCUT2D eigenvalue weighted by Crippen LogP contribution is 2.35. The lowest BCUT2D eigenvalue weighted by Gasteiger charge is -2.37. The van der Waals surface area contributed by atoms with Crippen molar-refractivity contribution < 1.29 is 0 Å². The summed E-state index contributed by atoms with van der Waals surface area (Å²) in [5, 5.41) is 0. The molecule has 1 nitrogen and oxygen atoms in total. The van der Waals surface area contributed by atoms with E-state index in [1.807, 2.05) is 0 Å². The number of nitrogens with two attached hydrogens (primary N) is 1. The molecule has 0 spiro atoms. The van der Waals surface area contributed by atoms with Gasteiger partial charge in [-0.1, -0.05) is 53.9 Å². The lowest BCUT2D eigenvalue weighted by Crippen LogP contribution is -2.45. The Kier molecular flexibility index (Phi) is 4.85. The van der Waals surface area contributed by atoms with Crippen LogP contribution >= 0.6 is 15.9 Å². The second-order valence-corrected chi connectivity index (χ2v) is 6.72. The first-order valence-corrected chi connectivity index (χ1v) is 7.94. The minimum Gasteiger partial charge on any atom is -0.325 e. The predicted molar refractivity (Wildman–Crippen MR) is 81.6 cm³/mol. The zero-order valence-electron chi connectivity index (χ0n) is 11.3. The van der Waals surface area contributed by atoms with Gasteiger partial charge in [-0.3, -0.25) is 0 Å². The van der Waals surface area contributed by atoms with E-state index in [2.05, 4.69) is 47.1 Å². The largest absolute Gasteiger partial charge is 0.325 e. The van der Waals surface area contributed by atoms with Gasteiger partial charge in [-0.25, -0.2) is 0 Å². The normalized spacial score (nSPS) is 28.3. The topological polar surface area (TPSA) is 26.0 Å². The molecule has 2 N–H and O–H groups in total.